The molecule has 1 N–H and O–H groups in total. The zero-order valence-corrected chi connectivity index (χ0v) is 16.2. The lowest BCUT2D eigenvalue weighted by Crippen LogP contribution is -2.40. The standard InChI is InChI=1S/C22H24N4O2/c1-15-6-5-11-26-14-20(23-21(15)26)18-7-3-4-8-19(18)24-22(28)17-9-12-25(13-10-17)16(2)27/h3-8,11,14,17H,9-10,12-13H2,1-2H3,(H,24,28). The molecular formula is C22H24N4O2. The number of carbonyl (C=O) groups excluding carboxylic acids is 2. The van der Waals surface area contributed by atoms with Gasteiger partial charge in [-0.3, -0.25) is 9.59 Å². The van der Waals surface area contributed by atoms with Crippen LogP contribution in [0.4, 0.5) is 5.69 Å². The lowest BCUT2D eigenvalue weighted by atomic mass is 9.95. The largest absolute Gasteiger partial charge is 0.343 e. The summed E-state index contributed by atoms with van der Waals surface area (Å²) in [7, 11) is 0. The van der Waals surface area contributed by atoms with Crippen LogP contribution >= 0.6 is 0 Å². The smallest absolute Gasteiger partial charge is 0.227 e. The van der Waals surface area contributed by atoms with Crippen molar-refractivity contribution in [2.45, 2.75) is 26.7 Å². The third kappa shape index (κ3) is 3.50. The first-order valence-electron chi connectivity index (χ1n) is 9.63. The van der Waals surface area contributed by atoms with Crippen LogP contribution in [0.1, 0.15) is 25.3 Å². The molecular weight excluding hydrogens is 352 g/mol. The van der Waals surface area contributed by atoms with Gasteiger partial charge in [0.1, 0.15) is 5.65 Å². The molecule has 0 aliphatic carbocycles. The maximum Gasteiger partial charge on any atom is 0.227 e. The Balaban J connectivity index is 1.55. The number of anilines is 1. The molecule has 144 valence electrons. The van der Waals surface area contributed by atoms with Crippen molar-refractivity contribution >= 4 is 23.1 Å². The van der Waals surface area contributed by atoms with Crippen LogP contribution in [0, 0.1) is 12.8 Å². The van der Waals surface area contributed by atoms with Crippen molar-refractivity contribution in [2.24, 2.45) is 5.92 Å². The Kier molecular flexibility index (Phi) is 4.86. The van der Waals surface area contributed by atoms with Crippen LogP contribution in [0.2, 0.25) is 0 Å². The molecule has 28 heavy (non-hydrogen) atoms. The first-order chi connectivity index (χ1) is 13.5. The number of amides is 2. The van der Waals surface area contributed by atoms with E-state index in [-0.39, 0.29) is 17.7 Å². The van der Waals surface area contributed by atoms with E-state index >= 15 is 0 Å². The number of rotatable bonds is 3. The average molecular weight is 376 g/mol. The molecule has 0 radical (unpaired) electrons. The molecule has 2 amide bonds. The van der Waals surface area contributed by atoms with Gasteiger partial charge in [0, 0.05) is 43.9 Å². The van der Waals surface area contributed by atoms with Crippen LogP contribution in [-0.4, -0.2) is 39.2 Å². The number of carbonyl (C=O) groups is 2. The minimum atomic E-state index is -0.0769. The number of hydrogen-bond donors (Lipinski definition) is 1. The summed E-state index contributed by atoms with van der Waals surface area (Å²) in [6.45, 7) is 4.89. The van der Waals surface area contributed by atoms with Crippen LogP contribution < -0.4 is 5.32 Å². The second kappa shape index (κ2) is 7.46. The molecule has 2 aromatic heterocycles. The highest BCUT2D eigenvalue weighted by Crippen LogP contribution is 2.29. The number of benzene rings is 1. The van der Waals surface area contributed by atoms with E-state index in [9.17, 15) is 9.59 Å². The zero-order chi connectivity index (χ0) is 19.7. The van der Waals surface area contributed by atoms with Crippen LogP contribution in [0.25, 0.3) is 16.9 Å². The molecule has 1 aliphatic rings. The summed E-state index contributed by atoms with van der Waals surface area (Å²) >= 11 is 0. The van der Waals surface area contributed by atoms with E-state index in [0.717, 1.165) is 28.2 Å². The number of piperidine rings is 1. The molecule has 0 spiro atoms. The van der Waals surface area contributed by atoms with Gasteiger partial charge >= 0.3 is 0 Å². The highest BCUT2D eigenvalue weighted by molar-refractivity contribution is 5.96. The number of pyridine rings is 1. The molecule has 0 unspecified atom stereocenters. The number of likely N-dealkylation sites (tertiary alicyclic amines) is 1. The topological polar surface area (TPSA) is 66.7 Å². The van der Waals surface area contributed by atoms with Gasteiger partial charge in [0.05, 0.1) is 11.4 Å². The Morgan fingerprint density at radius 1 is 1.11 bits per heavy atom. The third-order valence-corrected chi connectivity index (χ3v) is 5.45. The van der Waals surface area contributed by atoms with Gasteiger partial charge in [0.15, 0.2) is 0 Å². The third-order valence-electron chi connectivity index (χ3n) is 5.45. The highest BCUT2D eigenvalue weighted by atomic mass is 16.2. The molecule has 6 nitrogen and oxygen atoms in total. The van der Waals surface area contributed by atoms with Crippen LogP contribution in [0.15, 0.2) is 48.8 Å². The van der Waals surface area contributed by atoms with E-state index in [1.165, 1.54) is 0 Å². The molecule has 3 aromatic rings. The van der Waals surface area contributed by atoms with E-state index in [1.54, 1.807) is 11.8 Å². The summed E-state index contributed by atoms with van der Waals surface area (Å²) in [6.07, 6.45) is 5.35. The van der Waals surface area contributed by atoms with Gasteiger partial charge in [-0.05, 0) is 37.5 Å². The fraction of sp³-hybridized carbons (Fsp3) is 0.318. The van der Waals surface area contributed by atoms with E-state index in [4.69, 9.17) is 4.98 Å². The number of aryl methyl sites for hydroxylation is 1. The Morgan fingerprint density at radius 2 is 1.86 bits per heavy atom. The Labute approximate surface area is 164 Å². The van der Waals surface area contributed by atoms with Crippen molar-refractivity contribution in [3.05, 3.63) is 54.4 Å². The molecule has 0 bridgehead atoms. The quantitative estimate of drug-likeness (QED) is 0.761. The molecule has 0 atom stereocenters. The molecule has 1 aromatic carbocycles. The molecule has 1 fully saturated rings. The minimum absolute atomic E-state index is 0.00981. The van der Waals surface area contributed by atoms with Gasteiger partial charge in [-0.25, -0.2) is 4.98 Å². The first-order valence-corrected chi connectivity index (χ1v) is 9.63. The second-order valence-electron chi connectivity index (χ2n) is 7.36. The normalized spacial score (nSPS) is 15.0. The number of nitrogens with zero attached hydrogens (tertiary/aromatic N) is 3. The van der Waals surface area contributed by atoms with Crippen molar-refractivity contribution < 1.29 is 9.59 Å². The lowest BCUT2D eigenvalue weighted by molar-refractivity contribution is -0.132. The molecule has 4 rings (SSSR count). The molecule has 6 heteroatoms. The number of aromatic nitrogens is 2. The van der Waals surface area contributed by atoms with Crippen LogP contribution in [0.3, 0.4) is 0 Å². The summed E-state index contributed by atoms with van der Waals surface area (Å²) in [4.78, 5) is 30.9. The summed E-state index contributed by atoms with van der Waals surface area (Å²) in [5.74, 6) is 0.00825. The number of nitrogens with one attached hydrogen (secondary N) is 1. The Hall–Kier alpha value is -3.15. The average Bonchev–Trinajstić information content (AvgIpc) is 3.14. The fourth-order valence-electron chi connectivity index (χ4n) is 3.79. The predicted octanol–water partition coefficient (Wildman–Crippen LogP) is 3.51. The van der Waals surface area contributed by atoms with Crippen molar-refractivity contribution in [3.63, 3.8) is 0 Å². The zero-order valence-electron chi connectivity index (χ0n) is 16.2. The van der Waals surface area contributed by atoms with Gasteiger partial charge in [0.2, 0.25) is 11.8 Å². The summed E-state index contributed by atoms with van der Waals surface area (Å²) in [5, 5.41) is 3.09. The van der Waals surface area contributed by atoms with Crippen LogP contribution in [-0.2, 0) is 9.59 Å². The Morgan fingerprint density at radius 3 is 2.57 bits per heavy atom. The van der Waals surface area contributed by atoms with E-state index in [0.29, 0.717) is 25.9 Å². The minimum Gasteiger partial charge on any atom is -0.343 e. The van der Waals surface area contributed by atoms with Gasteiger partial charge in [0.25, 0.3) is 0 Å². The van der Waals surface area contributed by atoms with Crippen molar-refractivity contribution in [1.82, 2.24) is 14.3 Å². The van der Waals surface area contributed by atoms with Crippen LogP contribution in [0.5, 0.6) is 0 Å². The van der Waals surface area contributed by atoms with Gasteiger partial charge in [-0.15, -0.1) is 0 Å². The molecule has 3 heterocycles. The van der Waals surface area contributed by atoms with Gasteiger partial charge < -0.3 is 14.6 Å². The van der Waals surface area contributed by atoms with Crippen molar-refractivity contribution in [3.8, 4) is 11.3 Å². The lowest BCUT2D eigenvalue weighted by Gasteiger charge is -2.30. The fourth-order valence-corrected chi connectivity index (χ4v) is 3.79. The first kappa shape index (κ1) is 18.2. The second-order valence-corrected chi connectivity index (χ2v) is 7.36. The number of hydrogen-bond acceptors (Lipinski definition) is 3. The maximum atomic E-state index is 12.8. The number of imidazole rings is 1. The monoisotopic (exact) mass is 376 g/mol. The molecule has 0 saturated carbocycles. The summed E-state index contributed by atoms with van der Waals surface area (Å²) < 4.78 is 2.00. The highest BCUT2D eigenvalue weighted by Gasteiger charge is 2.26. The SMILES string of the molecule is CC(=O)N1CCC(C(=O)Nc2ccccc2-c2cn3cccc(C)c3n2)CC1. The van der Waals surface area contributed by atoms with Gasteiger partial charge in [-0.2, -0.15) is 0 Å². The van der Waals surface area contributed by atoms with E-state index in [1.807, 2.05) is 60.1 Å². The van der Waals surface area contributed by atoms with Crippen molar-refractivity contribution in [2.75, 3.05) is 18.4 Å². The predicted molar refractivity (Wildman–Crippen MR) is 109 cm³/mol. The molecule has 1 aliphatic heterocycles. The maximum absolute atomic E-state index is 12.8. The van der Waals surface area contributed by atoms with E-state index in [2.05, 4.69) is 5.32 Å². The van der Waals surface area contributed by atoms with E-state index < -0.39 is 0 Å². The summed E-state index contributed by atoms with van der Waals surface area (Å²) in [5.41, 5.74) is 4.52. The summed E-state index contributed by atoms with van der Waals surface area (Å²) in [6, 6.07) is 11.8. The number of para-hydroxylation sites is 1. The Bertz CT molecular complexity index is 1030. The number of fused-ring (bicyclic) bond motifs is 1. The van der Waals surface area contributed by atoms with Gasteiger partial charge in [-0.1, -0.05) is 24.3 Å². The molecule has 1 saturated heterocycles. The van der Waals surface area contributed by atoms with Crippen molar-refractivity contribution in [1.29, 1.82) is 0 Å².